The first kappa shape index (κ1) is 13.0. The summed E-state index contributed by atoms with van der Waals surface area (Å²) in [6, 6.07) is 6.00. The maximum Gasteiger partial charge on any atom is 0.213 e. The molecule has 0 saturated carbocycles. The molecule has 0 aliphatic heterocycles. The van der Waals surface area contributed by atoms with Gasteiger partial charge in [0.1, 0.15) is 32.8 Å². The maximum atomic E-state index is 12.2. The molecule has 2 aromatic carbocycles. The smallest absolute Gasteiger partial charge is 0.213 e. The van der Waals surface area contributed by atoms with Gasteiger partial charge in [0.25, 0.3) is 0 Å². The van der Waals surface area contributed by atoms with Crippen molar-refractivity contribution in [1.82, 2.24) is 0 Å². The molecule has 2 aromatic rings. The van der Waals surface area contributed by atoms with Gasteiger partial charge in [-0.3, -0.25) is 0 Å². The molecular weight excluding hydrogens is 272 g/mol. The lowest BCUT2D eigenvalue weighted by Crippen LogP contribution is -2.02. The molecule has 100 valence electrons. The molecule has 0 amide bonds. The highest BCUT2D eigenvalue weighted by molar-refractivity contribution is 7.91. The van der Waals surface area contributed by atoms with Crippen molar-refractivity contribution in [2.75, 3.05) is 0 Å². The zero-order chi connectivity index (χ0) is 14.2. The van der Waals surface area contributed by atoms with Gasteiger partial charge in [-0.05, 0) is 24.3 Å². The Morgan fingerprint density at radius 3 is 1.37 bits per heavy atom. The third-order valence-electron chi connectivity index (χ3n) is 2.46. The summed E-state index contributed by atoms with van der Waals surface area (Å²) in [5.41, 5.74) is 0. The molecule has 0 aliphatic rings. The van der Waals surface area contributed by atoms with Crippen LogP contribution in [-0.4, -0.2) is 28.8 Å². The van der Waals surface area contributed by atoms with E-state index in [4.69, 9.17) is 10.2 Å². The Morgan fingerprint density at radius 2 is 1.05 bits per heavy atom. The van der Waals surface area contributed by atoms with Crippen molar-refractivity contribution >= 4 is 9.84 Å². The van der Waals surface area contributed by atoms with Crippen molar-refractivity contribution in [3.8, 4) is 23.0 Å². The van der Waals surface area contributed by atoms with Crippen LogP contribution in [0.4, 0.5) is 0 Å². The molecule has 2 rings (SSSR count). The quantitative estimate of drug-likeness (QED) is 0.660. The maximum absolute atomic E-state index is 12.2. The molecule has 0 radical (unpaired) electrons. The van der Waals surface area contributed by atoms with Gasteiger partial charge in [0.15, 0.2) is 0 Å². The molecule has 19 heavy (non-hydrogen) atoms. The summed E-state index contributed by atoms with van der Waals surface area (Å²) in [6.07, 6.45) is 0. The van der Waals surface area contributed by atoms with Crippen LogP contribution in [0.3, 0.4) is 0 Å². The zero-order valence-electron chi connectivity index (χ0n) is 9.48. The second-order valence-corrected chi connectivity index (χ2v) is 5.69. The van der Waals surface area contributed by atoms with Crippen LogP contribution in [-0.2, 0) is 9.84 Å². The Labute approximate surface area is 108 Å². The number of rotatable bonds is 2. The molecule has 0 heterocycles. The molecule has 0 bridgehead atoms. The molecular formula is C12H10O6S. The Balaban J connectivity index is 2.65. The minimum absolute atomic E-state index is 0.286. The summed E-state index contributed by atoms with van der Waals surface area (Å²) in [6.45, 7) is 0. The van der Waals surface area contributed by atoms with Gasteiger partial charge in [0.2, 0.25) is 9.84 Å². The number of hydrogen-bond acceptors (Lipinski definition) is 6. The summed E-state index contributed by atoms with van der Waals surface area (Å²) in [5, 5.41) is 37.4. The third kappa shape index (κ3) is 2.27. The van der Waals surface area contributed by atoms with E-state index in [1.54, 1.807) is 0 Å². The van der Waals surface area contributed by atoms with E-state index >= 15 is 0 Å². The third-order valence-corrected chi connectivity index (χ3v) is 4.31. The van der Waals surface area contributed by atoms with Crippen LogP contribution < -0.4 is 0 Å². The molecule has 0 saturated heterocycles. The fraction of sp³-hybridized carbons (Fsp3) is 0. The van der Waals surface area contributed by atoms with E-state index in [9.17, 15) is 18.6 Å². The average molecular weight is 282 g/mol. The van der Waals surface area contributed by atoms with Crippen LogP contribution in [0.2, 0.25) is 0 Å². The highest BCUT2D eigenvalue weighted by Crippen LogP contribution is 2.36. The van der Waals surface area contributed by atoms with Crippen LogP contribution in [0.1, 0.15) is 0 Å². The lowest BCUT2D eigenvalue weighted by molar-refractivity contribution is 0.436. The first-order valence-electron chi connectivity index (χ1n) is 5.11. The second kappa shape index (κ2) is 4.36. The van der Waals surface area contributed by atoms with Crippen LogP contribution in [0, 0.1) is 0 Å². The van der Waals surface area contributed by atoms with Crippen molar-refractivity contribution in [2.45, 2.75) is 9.79 Å². The predicted octanol–water partition coefficient (Wildman–Crippen LogP) is 1.34. The van der Waals surface area contributed by atoms with Crippen molar-refractivity contribution in [3.63, 3.8) is 0 Å². The van der Waals surface area contributed by atoms with E-state index in [2.05, 4.69) is 0 Å². The lowest BCUT2D eigenvalue weighted by Gasteiger charge is -2.08. The molecule has 0 unspecified atom stereocenters. The van der Waals surface area contributed by atoms with E-state index in [0.717, 1.165) is 36.4 Å². The summed E-state index contributed by atoms with van der Waals surface area (Å²) >= 11 is 0. The van der Waals surface area contributed by atoms with Crippen LogP contribution in [0.15, 0.2) is 46.2 Å². The van der Waals surface area contributed by atoms with E-state index in [-0.39, 0.29) is 11.5 Å². The van der Waals surface area contributed by atoms with Gasteiger partial charge in [-0.25, -0.2) is 8.42 Å². The minimum Gasteiger partial charge on any atom is -0.508 e. The molecule has 0 spiro atoms. The van der Waals surface area contributed by atoms with E-state index in [0.29, 0.717) is 0 Å². The van der Waals surface area contributed by atoms with Crippen LogP contribution >= 0.6 is 0 Å². The van der Waals surface area contributed by atoms with E-state index in [1.807, 2.05) is 0 Å². The number of phenolic OH excluding ortho intramolecular Hbond substituents is 4. The fourth-order valence-corrected chi connectivity index (χ4v) is 2.98. The number of phenols is 4. The van der Waals surface area contributed by atoms with Crippen LogP contribution in [0.5, 0.6) is 23.0 Å². The highest BCUT2D eigenvalue weighted by atomic mass is 32.2. The number of benzene rings is 2. The first-order valence-corrected chi connectivity index (χ1v) is 6.60. The first-order chi connectivity index (χ1) is 8.82. The molecule has 7 heteroatoms. The molecule has 0 atom stereocenters. The van der Waals surface area contributed by atoms with E-state index in [1.165, 1.54) is 0 Å². The van der Waals surface area contributed by atoms with E-state index < -0.39 is 31.1 Å². The Kier molecular flexibility index (Phi) is 2.99. The molecule has 4 N–H and O–H groups in total. The van der Waals surface area contributed by atoms with Crippen molar-refractivity contribution in [1.29, 1.82) is 0 Å². The minimum atomic E-state index is -4.16. The molecule has 0 fully saturated rings. The number of hydrogen-bond donors (Lipinski definition) is 4. The van der Waals surface area contributed by atoms with Crippen molar-refractivity contribution in [3.05, 3.63) is 36.4 Å². The number of sulfone groups is 1. The number of aromatic hydroxyl groups is 4. The predicted molar refractivity (Wildman–Crippen MR) is 65.0 cm³/mol. The van der Waals surface area contributed by atoms with Crippen molar-refractivity contribution in [2.24, 2.45) is 0 Å². The van der Waals surface area contributed by atoms with Crippen molar-refractivity contribution < 1.29 is 28.8 Å². The molecule has 6 nitrogen and oxygen atoms in total. The Hall–Kier alpha value is -2.41. The average Bonchev–Trinajstić information content (AvgIpc) is 2.27. The standard InChI is InChI=1S/C12H10O6S/c13-7-1-3-11(9(15)5-7)19(17,18)12-4-2-8(14)6-10(12)16/h1-6,13-16H. The summed E-state index contributed by atoms with van der Waals surface area (Å²) in [7, 11) is -4.16. The Bertz CT molecular complexity index is 678. The largest absolute Gasteiger partial charge is 0.508 e. The van der Waals surface area contributed by atoms with Gasteiger partial charge in [-0.15, -0.1) is 0 Å². The van der Waals surface area contributed by atoms with Gasteiger partial charge in [0.05, 0.1) is 0 Å². The topological polar surface area (TPSA) is 115 Å². The summed E-state index contributed by atoms with van der Waals surface area (Å²) < 4.78 is 24.4. The van der Waals surface area contributed by atoms with Gasteiger partial charge >= 0.3 is 0 Å². The SMILES string of the molecule is O=S(=O)(c1ccc(O)cc1O)c1ccc(O)cc1O. The summed E-state index contributed by atoms with van der Waals surface area (Å²) in [5.74, 6) is -1.84. The normalized spacial score (nSPS) is 11.4. The van der Waals surface area contributed by atoms with Crippen LogP contribution in [0.25, 0.3) is 0 Å². The Morgan fingerprint density at radius 1 is 0.684 bits per heavy atom. The highest BCUT2D eigenvalue weighted by Gasteiger charge is 2.25. The lowest BCUT2D eigenvalue weighted by atomic mass is 10.3. The van der Waals surface area contributed by atoms with Gasteiger partial charge < -0.3 is 20.4 Å². The monoisotopic (exact) mass is 282 g/mol. The van der Waals surface area contributed by atoms with Gasteiger partial charge in [-0.1, -0.05) is 0 Å². The summed E-state index contributed by atoms with van der Waals surface area (Å²) in [4.78, 5) is -0.905. The molecule has 0 aliphatic carbocycles. The second-order valence-electron chi connectivity index (χ2n) is 3.81. The van der Waals surface area contributed by atoms with Gasteiger partial charge in [0, 0.05) is 12.1 Å². The fourth-order valence-electron chi connectivity index (χ4n) is 1.58. The molecule has 0 aromatic heterocycles. The zero-order valence-corrected chi connectivity index (χ0v) is 10.3. The van der Waals surface area contributed by atoms with Gasteiger partial charge in [-0.2, -0.15) is 0 Å².